The zero-order valence-electron chi connectivity index (χ0n) is 12.8. The highest BCUT2D eigenvalue weighted by Crippen LogP contribution is 2.24. The number of sulfonamides is 1. The lowest BCUT2D eigenvalue weighted by Gasteiger charge is -2.12. The Kier molecular flexibility index (Phi) is 7.10. The second-order valence-corrected chi connectivity index (χ2v) is 6.79. The molecule has 1 aromatic carbocycles. The van der Waals surface area contributed by atoms with Gasteiger partial charge in [-0.05, 0) is 23.6 Å². The van der Waals surface area contributed by atoms with E-state index in [4.69, 9.17) is 15.2 Å². The van der Waals surface area contributed by atoms with Crippen LogP contribution in [0.3, 0.4) is 0 Å². The van der Waals surface area contributed by atoms with Crippen molar-refractivity contribution in [2.45, 2.75) is 25.3 Å². The second kappa shape index (κ2) is 8.33. The maximum Gasteiger partial charge on any atom is 0.244 e. The topological polar surface area (TPSA) is 90.7 Å². The molecule has 6 nitrogen and oxygen atoms in total. The number of ether oxygens (including phenoxy) is 2. The van der Waals surface area contributed by atoms with Gasteiger partial charge in [-0.1, -0.05) is 19.9 Å². The SMILES string of the molecule is COc1ccc(CN)cc1S(=O)(=O)NCCOCC(C)C. The summed E-state index contributed by atoms with van der Waals surface area (Å²) in [6.07, 6.45) is 0. The number of rotatable bonds is 9. The summed E-state index contributed by atoms with van der Waals surface area (Å²) in [6, 6.07) is 4.87. The van der Waals surface area contributed by atoms with E-state index in [1.54, 1.807) is 12.1 Å². The predicted molar refractivity (Wildman–Crippen MR) is 81.7 cm³/mol. The lowest BCUT2D eigenvalue weighted by atomic mass is 10.2. The van der Waals surface area contributed by atoms with E-state index in [-0.39, 0.29) is 18.0 Å². The lowest BCUT2D eigenvalue weighted by Crippen LogP contribution is -2.28. The smallest absolute Gasteiger partial charge is 0.244 e. The third-order valence-corrected chi connectivity index (χ3v) is 4.23. The fourth-order valence-corrected chi connectivity index (χ4v) is 2.93. The average molecular weight is 316 g/mol. The van der Waals surface area contributed by atoms with Gasteiger partial charge in [-0.2, -0.15) is 0 Å². The molecule has 0 aromatic heterocycles. The number of nitrogens with one attached hydrogen (secondary N) is 1. The quantitative estimate of drug-likeness (QED) is 0.666. The third-order valence-electron chi connectivity index (χ3n) is 2.74. The van der Waals surface area contributed by atoms with Crippen molar-refractivity contribution >= 4 is 10.0 Å². The van der Waals surface area contributed by atoms with Crippen molar-refractivity contribution < 1.29 is 17.9 Å². The summed E-state index contributed by atoms with van der Waals surface area (Å²) in [5.74, 6) is 0.714. The van der Waals surface area contributed by atoms with Crippen LogP contribution in [0.1, 0.15) is 19.4 Å². The van der Waals surface area contributed by atoms with Gasteiger partial charge in [0.05, 0.1) is 13.7 Å². The van der Waals surface area contributed by atoms with Gasteiger partial charge in [-0.25, -0.2) is 13.1 Å². The maximum atomic E-state index is 12.3. The molecule has 0 unspecified atom stereocenters. The minimum absolute atomic E-state index is 0.0943. The van der Waals surface area contributed by atoms with Crippen LogP contribution in [0.2, 0.25) is 0 Å². The average Bonchev–Trinajstić information content (AvgIpc) is 2.45. The monoisotopic (exact) mass is 316 g/mol. The van der Waals surface area contributed by atoms with Crippen LogP contribution in [0.25, 0.3) is 0 Å². The van der Waals surface area contributed by atoms with E-state index < -0.39 is 10.0 Å². The Morgan fingerprint density at radius 2 is 2.05 bits per heavy atom. The van der Waals surface area contributed by atoms with E-state index in [2.05, 4.69) is 4.72 Å². The fourth-order valence-electron chi connectivity index (χ4n) is 1.70. The highest BCUT2D eigenvalue weighted by atomic mass is 32.2. The summed E-state index contributed by atoms with van der Waals surface area (Å²) < 4.78 is 37.5. The van der Waals surface area contributed by atoms with Crippen LogP contribution < -0.4 is 15.2 Å². The van der Waals surface area contributed by atoms with E-state index in [1.165, 1.54) is 13.2 Å². The summed E-state index contributed by atoms with van der Waals surface area (Å²) in [6.45, 7) is 5.49. The van der Waals surface area contributed by atoms with Gasteiger partial charge < -0.3 is 15.2 Å². The van der Waals surface area contributed by atoms with Crippen molar-refractivity contribution in [3.63, 3.8) is 0 Å². The molecule has 7 heteroatoms. The first-order valence-electron chi connectivity index (χ1n) is 6.85. The molecule has 0 amide bonds. The highest BCUT2D eigenvalue weighted by Gasteiger charge is 2.19. The molecule has 0 saturated carbocycles. The summed E-state index contributed by atoms with van der Waals surface area (Å²) in [7, 11) is -2.21. The van der Waals surface area contributed by atoms with Crippen molar-refractivity contribution in [2.24, 2.45) is 11.7 Å². The fraction of sp³-hybridized carbons (Fsp3) is 0.571. The number of hydrogen-bond donors (Lipinski definition) is 2. The van der Waals surface area contributed by atoms with E-state index in [9.17, 15) is 8.42 Å². The van der Waals surface area contributed by atoms with Crippen LogP contribution in [-0.2, 0) is 21.3 Å². The molecule has 120 valence electrons. The molecule has 1 aromatic rings. The van der Waals surface area contributed by atoms with Crippen LogP contribution >= 0.6 is 0 Å². The van der Waals surface area contributed by atoms with Gasteiger partial charge in [0.25, 0.3) is 0 Å². The summed E-state index contributed by atoms with van der Waals surface area (Å²) in [5.41, 5.74) is 6.27. The van der Waals surface area contributed by atoms with Gasteiger partial charge in [-0.15, -0.1) is 0 Å². The maximum absolute atomic E-state index is 12.3. The van der Waals surface area contributed by atoms with Crippen molar-refractivity contribution in [3.05, 3.63) is 23.8 Å². The van der Waals surface area contributed by atoms with Crippen molar-refractivity contribution in [1.82, 2.24) is 4.72 Å². The molecule has 1 rings (SSSR count). The molecule has 21 heavy (non-hydrogen) atoms. The molecular weight excluding hydrogens is 292 g/mol. The zero-order valence-corrected chi connectivity index (χ0v) is 13.6. The van der Waals surface area contributed by atoms with Gasteiger partial charge in [0.15, 0.2) is 0 Å². The van der Waals surface area contributed by atoms with Crippen molar-refractivity contribution in [1.29, 1.82) is 0 Å². The first-order chi connectivity index (χ1) is 9.90. The van der Waals surface area contributed by atoms with Crippen LogP contribution in [0.4, 0.5) is 0 Å². The third kappa shape index (κ3) is 5.62. The number of nitrogens with two attached hydrogens (primary N) is 1. The van der Waals surface area contributed by atoms with E-state index in [1.807, 2.05) is 13.8 Å². The number of hydrogen-bond acceptors (Lipinski definition) is 5. The van der Waals surface area contributed by atoms with Crippen LogP contribution in [0.5, 0.6) is 5.75 Å². The lowest BCUT2D eigenvalue weighted by molar-refractivity contribution is 0.114. The Labute approximate surface area is 126 Å². The highest BCUT2D eigenvalue weighted by molar-refractivity contribution is 7.89. The molecule has 0 radical (unpaired) electrons. The van der Waals surface area contributed by atoms with Gasteiger partial charge in [0.2, 0.25) is 10.0 Å². The molecule has 0 aliphatic carbocycles. The van der Waals surface area contributed by atoms with E-state index in [0.717, 1.165) is 5.56 Å². The molecule has 0 aliphatic rings. The predicted octanol–water partition coefficient (Wildman–Crippen LogP) is 1.10. The molecule has 0 atom stereocenters. The van der Waals surface area contributed by atoms with E-state index in [0.29, 0.717) is 24.9 Å². The Morgan fingerprint density at radius 1 is 1.33 bits per heavy atom. The second-order valence-electron chi connectivity index (χ2n) is 5.06. The molecular formula is C14H24N2O4S. The molecule has 0 saturated heterocycles. The molecule has 0 fully saturated rings. The minimum atomic E-state index is -3.65. The summed E-state index contributed by atoms with van der Waals surface area (Å²) in [4.78, 5) is 0.0943. The van der Waals surface area contributed by atoms with Gasteiger partial charge in [-0.3, -0.25) is 0 Å². The Hall–Kier alpha value is -1.15. The van der Waals surface area contributed by atoms with Gasteiger partial charge in [0, 0.05) is 19.7 Å². The normalized spacial score (nSPS) is 11.9. The van der Waals surface area contributed by atoms with Crippen LogP contribution in [0.15, 0.2) is 23.1 Å². The number of benzene rings is 1. The number of methoxy groups -OCH3 is 1. The van der Waals surface area contributed by atoms with E-state index >= 15 is 0 Å². The van der Waals surface area contributed by atoms with Crippen LogP contribution in [-0.4, -0.2) is 35.3 Å². The Balaban J connectivity index is 2.73. The Bertz CT molecular complexity index is 544. The molecule has 0 aliphatic heterocycles. The van der Waals surface area contributed by atoms with Crippen molar-refractivity contribution in [3.8, 4) is 5.75 Å². The Morgan fingerprint density at radius 3 is 2.62 bits per heavy atom. The molecule has 0 bridgehead atoms. The standard InChI is InChI=1S/C14H24N2O4S/c1-11(2)10-20-7-6-16-21(17,18)14-8-12(9-15)4-5-13(14)19-3/h4-5,8,11,16H,6-7,9-10,15H2,1-3H3. The molecule has 3 N–H and O–H groups in total. The zero-order chi connectivity index (χ0) is 15.9. The van der Waals surface area contributed by atoms with Gasteiger partial charge in [0.1, 0.15) is 10.6 Å². The first-order valence-corrected chi connectivity index (χ1v) is 8.33. The molecule has 0 spiro atoms. The molecule has 0 heterocycles. The summed E-state index contributed by atoms with van der Waals surface area (Å²) in [5, 5.41) is 0. The first kappa shape index (κ1) is 17.9. The summed E-state index contributed by atoms with van der Waals surface area (Å²) >= 11 is 0. The largest absolute Gasteiger partial charge is 0.495 e. The van der Waals surface area contributed by atoms with Crippen LogP contribution in [0, 0.1) is 5.92 Å². The van der Waals surface area contributed by atoms with Gasteiger partial charge >= 0.3 is 0 Å². The van der Waals surface area contributed by atoms with Crippen molar-refractivity contribution in [2.75, 3.05) is 26.9 Å². The minimum Gasteiger partial charge on any atom is -0.495 e.